The molecule has 0 radical (unpaired) electrons. The normalized spacial score (nSPS) is 10.7. The maximum absolute atomic E-state index is 6.32. The highest BCUT2D eigenvalue weighted by Gasteiger charge is 2.40. The number of unbranched alkanes of at least 4 members (excludes halogenated alkanes) is 5. The van der Waals surface area contributed by atoms with E-state index in [0.717, 1.165) is 32.1 Å². The molecule has 0 amide bonds. The van der Waals surface area contributed by atoms with Gasteiger partial charge in [0.1, 0.15) is 0 Å². The van der Waals surface area contributed by atoms with Crippen molar-refractivity contribution in [2.45, 2.75) is 90.6 Å². The molecule has 0 aromatic carbocycles. The van der Waals surface area contributed by atoms with E-state index in [1.807, 2.05) is 0 Å². The van der Waals surface area contributed by atoms with Gasteiger partial charge in [-0.1, -0.05) is 52.5 Å². The summed E-state index contributed by atoms with van der Waals surface area (Å²) < 4.78 is 6.32. The minimum absolute atomic E-state index is 0.481. The van der Waals surface area contributed by atoms with Crippen molar-refractivity contribution in [1.82, 2.24) is 0 Å². The van der Waals surface area contributed by atoms with Gasteiger partial charge in [0.25, 0.3) is 8.32 Å². The summed E-state index contributed by atoms with van der Waals surface area (Å²) in [5, 5.41) is 0. The van der Waals surface area contributed by atoms with E-state index in [1.165, 1.54) is 12.8 Å². The predicted molar refractivity (Wildman–Crippen MR) is 104 cm³/mol. The molecule has 0 atom stereocenters. The average molecular weight is 331 g/mol. The van der Waals surface area contributed by atoms with Gasteiger partial charge in [0.15, 0.2) is 0 Å². The van der Waals surface area contributed by atoms with Crippen molar-refractivity contribution >= 4 is 8.32 Å². The standard InChI is InChI=1S/C21H34OSi/c1-7-9-11-13-14-15-16-18-22-23(20(3)4,21(5)6)19-17-12-10-8-2/h1,20-21H,8-14,18H2,2-6H3. The Hall–Kier alpha value is -1.14. The molecule has 1 nitrogen and oxygen atoms in total. The number of terminal acetylenes is 1. The van der Waals surface area contributed by atoms with Gasteiger partial charge in [0.05, 0.1) is 6.61 Å². The van der Waals surface area contributed by atoms with Crippen molar-refractivity contribution in [2.24, 2.45) is 0 Å². The van der Waals surface area contributed by atoms with Gasteiger partial charge >= 0.3 is 0 Å². The van der Waals surface area contributed by atoms with Crippen LogP contribution in [0.25, 0.3) is 0 Å². The van der Waals surface area contributed by atoms with Gasteiger partial charge in [-0.3, -0.25) is 0 Å². The highest BCUT2D eigenvalue weighted by atomic mass is 28.4. The largest absolute Gasteiger partial charge is 0.394 e. The summed E-state index contributed by atoms with van der Waals surface area (Å²) in [6.07, 6.45) is 12.5. The summed E-state index contributed by atoms with van der Waals surface area (Å²) in [6, 6.07) is 0. The summed E-state index contributed by atoms with van der Waals surface area (Å²) in [7, 11) is -2.07. The Morgan fingerprint density at radius 2 is 1.48 bits per heavy atom. The van der Waals surface area contributed by atoms with Crippen LogP contribution in [-0.4, -0.2) is 14.9 Å². The Balaban J connectivity index is 4.62. The Kier molecular flexibility index (Phi) is 12.6. The predicted octanol–water partition coefficient (Wildman–Crippen LogP) is 5.70. The van der Waals surface area contributed by atoms with Crippen molar-refractivity contribution in [2.75, 3.05) is 6.61 Å². The summed E-state index contributed by atoms with van der Waals surface area (Å²) in [5.41, 5.74) is 4.52. The van der Waals surface area contributed by atoms with Crippen LogP contribution in [-0.2, 0) is 4.43 Å². The van der Waals surface area contributed by atoms with E-state index >= 15 is 0 Å². The van der Waals surface area contributed by atoms with E-state index in [4.69, 9.17) is 10.8 Å². The maximum atomic E-state index is 6.32. The lowest BCUT2D eigenvalue weighted by Crippen LogP contribution is -2.44. The molecule has 0 saturated carbocycles. The third-order valence-electron chi connectivity index (χ3n) is 4.04. The molecule has 0 saturated heterocycles. The second-order valence-corrected chi connectivity index (χ2v) is 11.0. The van der Waals surface area contributed by atoms with Crippen LogP contribution < -0.4 is 0 Å². The van der Waals surface area contributed by atoms with Crippen LogP contribution in [0.2, 0.25) is 11.1 Å². The molecule has 0 aliphatic carbocycles. The Morgan fingerprint density at radius 1 is 0.870 bits per heavy atom. The smallest absolute Gasteiger partial charge is 0.278 e. The number of hydrogen-bond acceptors (Lipinski definition) is 1. The highest BCUT2D eigenvalue weighted by Crippen LogP contribution is 2.32. The molecule has 23 heavy (non-hydrogen) atoms. The number of rotatable bonds is 9. The van der Waals surface area contributed by atoms with Crippen LogP contribution in [0.4, 0.5) is 0 Å². The summed E-state index contributed by atoms with van der Waals surface area (Å²) in [6.45, 7) is 11.7. The van der Waals surface area contributed by atoms with E-state index in [9.17, 15) is 0 Å². The first-order valence-corrected chi connectivity index (χ1v) is 11.1. The van der Waals surface area contributed by atoms with Gasteiger partial charge in [-0.05, 0) is 30.3 Å². The molecule has 0 N–H and O–H groups in total. The molecule has 0 spiro atoms. The van der Waals surface area contributed by atoms with Gasteiger partial charge < -0.3 is 4.43 Å². The maximum Gasteiger partial charge on any atom is 0.278 e. The zero-order valence-electron chi connectivity index (χ0n) is 15.8. The molecule has 0 heterocycles. The Bertz CT molecular complexity index is 454. The zero-order chi connectivity index (χ0) is 17.6. The minimum Gasteiger partial charge on any atom is -0.394 e. The van der Waals surface area contributed by atoms with Gasteiger partial charge in [0, 0.05) is 19.3 Å². The molecular weight excluding hydrogens is 296 g/mol. The molecule has 0 unspecified atom stereocenters. The first-order valence-electron chi connectivity index (χ1n) is 9.04. The fourth-order valence-electron chi connectivity index (χ4n) is 2.53. The molecule has 0 aliphatic heterocycles. The summed E-state index contributed by atoms with van der Waals surface area (Å²) >= 11 is 0. The van der Waals surface area contributed by atoms with E-state index < -0.39 is 8.32 Å². The molecular formula is C21H34OSi. The van der Waals surface area contributed by atoms with Crippen molar-refractivity contribution in [3.63, 3.8) is 0 Å². The highest BCUT2D eigenvalue weighted by molar-refractivity contribution is 6.84. The molecule has 0 fully saturated rings. The quantitative estimate of drug-likeness (QED) is 0.299. The van der Waals surface area contributed by atoms with Crippen molar-refractivity contribution < 1.29 is 4.43 Å². The van der Waals surface area contributed by atoms with Crippen LogP contribution in [0.1, 0.15) is 79.6 Å². The van der Waals surface area contributed by atoms with Crippen LogP contribution in [0.5, 0.6) is 0 Å². The van der Waals surface area contributed by atoms with Crippen LogP contribution in [0.3, 0.4) is 0 Å². The van der Waals surface area contributed by atoms with Gasteiger partial charge in [-0.2, -0.15) is 0 Å². The molecule has 0 aromatic heterocycles. The van der Waals surface area contributed by atoms with E-state index in [2.05, 4.69) is 63.8 Å². The van der Waals surface area contributed by atoms with Crippen LogP contribution in [0, 0.1) is 35.6 Å². The SMILES string of the molecule is C#CCCCCC#CCO[Si](C#CCCCC)(C(C)C)C(C)C. The summed E-state index contributed by atoms with van der Waals surface area (Å²) in [4.78, 5) is 0. The zero-order valence-corrected chi connectivity index (χ0v) is 16.8. The van der Waals surface area contributed by atoms with Crippen molar-refractivity contribution in [3.8, 4) is 35.6 Å². The van der Waals surface area contributed by atoms with E-state index in [-0.39, 0.29) is 0 Å². The van der Waals surface area contributed by atoms with Crippen molar-refractivity contribution in [3.05, 3.63) is 0 Å². The first-order chi connectivity index (χ1) is 11.0. The van der Waals surface area contributed by atoms with Crippen molar-refractivity contribution in [1.29, 1.82) is 0 Å². The van der Waals surface area contributed by atoms with E-state index in [1.54, 1.807) is 0 Å². The molecule has 0 aliphatic rings. The van der Waals surface area contributed by atoms with E-state index in [0.29, 0.717) is 17.7 Å². The monoisotopic (exact) mass is 330 g/mol. The van der Waals surface area contributed by atoms with Crippen LogP contribution >= 0.6 is 0 Å². The number of hydrogen-bond donors (Lipinski definition) is 0. The Labute approximate surface area is 146 Å². The fraction of sp³-hybridized carbons (Fsp3) is 0.714. The lowest BCUT2D eigenvalue weighted by molar-refractivity contribution is 0.344. The third kappa shape index (κ3) is 8.91. The molecule has 0 rings (SSSR count). The molecule has 2 heteroatoms. The van der Waals surface area contributed by atoms with Crippen LogP contribution in [0.15, 0.2) is 0 Å². The first kappa shape index (κ1) is 21.9. The molecule has 0 bridgehead atoms. The topological polar surface area (TPSA) is 9.23 Å². The second-order valence-electron chi connectivity index (χ2n) is 6.56. The van der Waals surface area contributed by atoms with Gasteiger partial charge in [0.2, 0.25) is 0 Å². The average Bonchev–Trinajstić information content (AvgIpc) is 2.51. The third-order valence-corrected chi connectivity index (χ3v) is 8.66. The molecule has 128 valence electrons. The molecule has 0 aromatic rings. The summed E-state index contributed by atoms with van der Waals surface area (Å²) in [5.74, 6) is 12.4. The lowest BCUT2D eigenvalue weighted by atomic mass is 10.2. The minimum atomic E-state index is -2.07. The van der Waals surface area contributed by atoms with Gasteiger partial charge in [-0.15, -0.1) is 24.2 Å². The lowest BCUT2D eigenvalue weighted by Gasteiger charge is -2.32. The fourth-order valence-corrected chi connectivity index (χ4v) is 5.89. The second kappa shape index (κ2) is 13.3. The van der Waals surface area contributed by atoms with Gasteiger partial charge in [-0.25, -0.2) is 0 Å². The Morgan fingerprint density at radius 3 is 2.04 bits per heavy atom.